The van der Waals surface area contributed by atoms with Crippen LogP contribution in [0.15, 0.2) is 59.0 Å². The quantitative estimate of drug-likeness (QED) is 0.595. The molecule has 1 amide bonds. The van der Waals surface area contributed by atoms with E-state index in [1.165, 1.54) is 37.3 Å². The molecule has 0 unspecified atom stereocenters. The van der Waals surface area contributed by atoms with Crippen LogP contribution < -0.4 is 10.1 Å². The van der Waals surface area contributed by atoms with Crippen molar-refractivity contribution in [3.8, 4) is 5.75 Å². The van der Waals surface area contributed by atoms with Gasteiger partial charge in [-0.05, 0) is 49.7 Å². The molecule has 5 rings (SSSR count). The van der Waals surface area contributed by atoms with Gasteiger partial charge in [-0.2, -0.15) is 0 Å². The molecule has 1 saturated heterocycles. The van der Waals surface area contributed by atoms with Gasteiger partial charge in [0.2, 0.25) is 0 Å². The molecule has 0 aliphatic carbocycles. The zero-order valence-electron chi connectivity index (χ0n) is 17.2. The lowest BCUT2D eigenvalue weighted by Gasteiger charge is -2.16. The molecular formula is C24H24N4O2S. The average Bonchev–Trinajstić information content (AvgIpc) is 3.55. The summed E-state index contributed by atoms with van der Waals surface area (Å²) in [5.41, 5.74) is 4.27. The fourth-order valence-corrected chi connectivity index (χ4v) is 4.66. The summed E-state index contributed by atoms with van der Waals surface area (Å²) >= 11 is 1.40. The average molecular weight is 433 g/mol. The Morgan fingerprint density at radius 2 is 2.00 bits per heavy atom. The number of nitrogens with zero attached hydrogens (tertiary/aromatic N) is 3. The van der Waals surface area contributed by atoms with E-state index in [9.17, 15) is 4.79 Å². The monoisotopic (exact) mass is 432 g/mol. The second-order valence-electron chi connectivity index (χ2n) is 7.73. The minimum Gasteiger partial charge on any atom is -0.492 e. The summed E-state index contributed by atoms with van der Waals surface area (Å²) in [6, 6.07) is 13.8. The van der Waals surface area contributed by atoms with Crippen molar-refractivity contribution in [2.45, 2.75) is 19.3 Å². The van der Waals surface area contributed by atoms with Crippen molar-refractivity contribution < 1.29 is 9.53 Å². The number of amides is 1. The molecule has 0 atom stereocenters. The number of carbonyl (C=O) groups excluding carboxylic acids is 1. The normalized spacial score (nSPS) is 15.5. The van der Waals surface area contributed by atoms with E-state index in [1.54, 1.807) is 6.20 Å². The molecule has 1 aromatic heterocycles. The van der Waals surface area contributed by atoms with Crippen LogP contribution in [0.5, 0.6) is 5.75 Å². The van der Waals surface area contributed by atoms with Gasteiger partial charge in [0.15, 0.2) is 5.13 Å². The van der Waals surface area contributed by atoms with Gasteiger partial charge < -0.3 is 4.74 Å². The molecule has 1 N–H and O–H groups in total. The molecule has 3 aromatic rings. The van der Waals surface area contributed by atoms with E-state index in [2.05, 4.69) is 15.2 Å². The van der Waals surface area contributed by atoms with Gasteiger partial charge in [0.25, 0.3) is 5.91 Å². The first-order valence-corrected chi connectivity index (χ1v) is 11.5. The molecule has 0 radical (unpaired) electrons. The number of likely N-dealkylation sites (tertiary alicyclic amines) is 1. The molecule has 6 nitrogen and oxygen atoms in total. The summed E-state index contributed by atoms with van der Waals surface area (Å²) in [5, 5.41) is 5.28. The van der Waals surface area contributed by atoms with Gasteiger partial charge in [0.1, 0.15) is 12.4 Å². The van der Waals surface area contributed by atoms with E-state index in [0.29, 0.717) is 23.7 Å². The summed E-state index contributed by atoms with van der Waals surface area (Å²) in [7, 11) is 0. The fraction of sp³-hybridized carbons (Fsp3) is 0.292. The lowest BCUT2D eigenvalue weighted by molar-refractivity contribution is 0.102. The Morgan fingerprint density at radius 1 is 1.13 bits per heavy atom. The molecule has 158 valence electrons. The highest BCUT2D eigenvalue weighted by molar-refractivity contribution is 7.13. The van der Waals surface area contributed by atoms with Crippen molar-refractivity contribution >= 4 is 33.8 Å². The minimum absolute atomic E-state index is 0.188. The highest BCUT2D eigenvalue weighted by atomic mass is 32.1. The predicted molar refractivity (Wildman–Crippen MR) is 124 cm³/mol. The van der Waals surface area contributed by atoms with Gasteiger partial charge in [-0.15, -0.1) is 11.3 Å². The first-order valence-electron chi connectivity index (χ1n) is 10.6. The van der Waals surface area contributed by atoms with Crippen molar-refractivity contribution in [2.75, 3.05) is 31.6 Å². The second kappa shape index (κ2) is 8.99. The largest absolute Gasteiger partial charge is 0.492 e. The number of hydrogen-bond acceptors (Lipinski definition) is 6. The van der Waals surface area contributed by atoms with Crippen LogP contribution in [0.4, 0.5) is 10.8 Å². The third-order valence-electron chi connectivity index (χ3n) is 5.68. The van der Waals surface area contributed by atoms with E-state index >= 15 is 0 Å². The van der Waals surface area contributed by atoms with E-state index in [0.717, 1.165) is 34.8 Å². The number of ether oxygens (including phenoxy) is 1. The molecular weight excluding hydrogens is 408 g/mol. The van der Waals surface area contributed by atoms with Crippen LogP contribution in [0, 0.1) is 0 Å². The summed E-state index contributed by atoms with van der Waals surface area (Å²) in [4.78, 5) is 24.3. The maximum absolute atomic E-state index is 12.8. The molecule has 2 aliphatic heterocycles. The molecule has 3 heterocycles. The first-order chi connectivity index (χ1) is 15.3. The molecule has 0 bridgehead atoms. The number of para-hydroxylation sites is 2. The van der Waals surface area contributed by atoms with E-state index in [1.807, 2.05) is 47.8 Å². The van der Waals surface area contributed by atoms with Gasteiger partial charge in [-0.1, -0.05) is 24.3 Å². The Balaban J connectivity index is 1.35. The smallest absolute Gasteiger partial charge is 0.259 e. The third kappa shape index (κ3) is 4.38. The number of carbonyl (C=O) groups is 1. The standard InChI is InChI=1S/C24H24N4O2S/c29-23(27-24-25-10-15-31-24)19-8-5-6-17-16-20(26-22(17)19)18-7-1-2-9-21(18)30-14-13-28-11-3-4-12-28/h1-2,5-10,15H,3-4,11-14,16H2,(H,25,27,29). The third-order valence-corrected chi connectivity index (χ3v) is 6.37. The Kier molecular flexibility index (Phi) is 5.78. The summed E-state index contributed by atoms with van der Waals surface area (Å²) in [5.74, 6) is 0.661. The van der Waals surface area contributed by atoms with Crippen molar-refractivity contribution in [1.82, 2.24) is 9.88 Å². The highest BCUT2D eigenvalue weighted by Gasteiger charge is 2.24. The van der Waals surface area contributed by atoms with E-state index in [4.69, 9.17) is 9.73 Å². The van der Waals surface area contributed by atoms with Crippen LogP contribution >= 0.6 is 11.3 Å². The van der Waals surface area contributed by atoms with Crippen molar-refractivity contribution in [3.63, 3.8) is 0 Å². The zero-order chi connectivity index (χ0) is 21.0. The number of fused-ring (bicyclic) bond motifs is 1. The van der Waals surface area contributed by atoms with Crippen LogP contribution in [0.3, 0.4) is 0 Å². The number of aliphatic imine (C=N–C) groups is 1. The molecule has 0 spiro atoms. The van der Waals surface area contributed by atoms with Crippen LogP contribution in [-0.2, 0) is 6.42 Å². The topological polar surface area (TPSA) is 66.8 Å². The molecule has 7 heteroatoms. The SMILES string of the molecule is O=C(Nc1nccs1)c1cccc2c1N=C(c1ccccc1OCCN1CCCC1)C2. The number of nitrogens with one attached hydrogen (secondary N) is 1. The second-order valence-corrected chi connectivity index (χ2v) is 8.63. The van der Waals surface area contributed by atoms with Crippen LogP contribution in [0.1, 0.15) is 34.3 Å². The van der Waals surface area contributed by atoms with Gasteiger partial charge in [-0.3, -0.25) is 20.0 Å². The number of thiazole rings is 1. The summed E-state index contributed by atoms with van der Waals surface area (Å²) in [6.45, 7) is 3.94. The Morgan fingerprint density at radius 3 is 2.84 bits per heavy atom. The Hall–Kier alpha value is -3.03. The highest BCUT2D eigenvalue weighted by Crippen LogP contribution is 2.35. The maximum atomic E-state index is 12.8. The minimum atomic E-state index is -0.188. The lowest BCUT2D eigenvalue weighted by atomic mass is 10.0. The molecule has 2 aromatic carbocycles. The van der Waals surface area contributed by atoms with Crippen molar-refractivity contribution in [3.05, 3.63) is 70.7 Å². The van der Waals surface area contributed by atoms with Crippen LogP contribution in [0.2, 0.25) is 0 Å². The van der Waals surface area contributed by atoms with Crippen molar-refractivity contribution in [2.24, 2.45) is 4.99 Å². The first kappa shape index (κ1) is 19.9. The number of rotatable bonds is 7. The molecule has 31 heavy (non-hydrogen) atoms. The lowest BCUT2D eigenvalue weighted by Crippen LogP contribution is -2.25. The van der Waals surface area contributed by atoms with Gasteiger partial charge in [0, 0.05) is 30.1 Å². The van der Waals surface area contributed by atoms with Gasteiger partial charge >= 0.3 is 0 Å². The number of benzene rings is 2. The molecule has 1 fully saturated rings. The molecule has 0 saturated carbocycles. The van der Waals surface area contributed by atoms with E-state index < -0.39 is 0 Å². The Labute approximate surface area is 185 Å². The van der Waals surface area contributed by atoms with Crippen LogP contribution in [0.25, 0.3) is 0 Å². The maximum Gasteiger partial charge on any atom is 0.259 e. The summed E-state index contributed by atoms with van der Waals surface area (Å²) < 4.78 is 6.15. The van der Waals surface area contributed by atoms with Gasteiger partial charge in [0.05, 0.1) is 17.0 Å². The van der Waals surface area contributed by atoms with E-state index in [-0.39, 0.29) is 5.91 Å². The zero-order valence-corrected chi connectivity index (χ0v) is 18.0. The van der Waals surface area contributed by atoms with Crippen molar-refractivity contribution in [1.29, 1.82) is 0 Å². The van der Waals surface area contributed by atoms with Crippen LogP contribution in [-0.4, -0.2) is 47.7 Å². The predicted octanol–water partition coefficient (Wildman–Crippen LogP) is 4.55. The molecule has 2 aliphatic rings. The Bertz CT molecular complexity index is 1100. The number of anilines is 1. The number of aromatic nitrogens is 1. The van der Waals surface area contributed by atoms with Gasteiger partial charge in [-0.25, -0.2) is 4.98 Å². The fourth-order valence-electron chi connectivity index (χ4n) is 4.13. The number of hydrogen-bond donors (Lipinski definition) is 1. The summed E-state index contributed by atoms with van der Waals surface area (Å²) in [6.07, 6.45) is 4.92.